The van der Waals surface area contributed by atoms with Crippen LogP contribution in [0.4, 0.5) is 4.39 Å². The van der Waals surface area contributed by atoms with Crippen molar-refractivity contribution in [2.75, 3.05) is 6.61 Å². The molecule has 0 aliphatic rings. The molecule has 0 saturated heterocycles. The topological polar surface area (TPSA) is 35.2 Å². The Morgan fingerprint density at radius 3 is 2.63 bits per heavy atom. The van der Waals surface area contributed by atoms with Gasteiger partial charge >= 0.3 is 0 Å². The van der Waals surface area contributed by atoms with E-state index in [0.717, 1.165) is 16.9 Å². The summed E-state index contributed by atoms with van der Waals surface area (Å²) >= 11 is 3.35. The molecular formula is C15H15BrFNO. The first-order valence-electron chi connectivity index (χ1n) is 6.05. The number of benzene rings is 2. The summed E-state index contributed by atoms with van der Waals surface area (Å²) in [6.07, 6.45) is 0. The highest BCUT2D eigenvalue weighted by Gasteiger charge is 2.16. The zero-order valence-electron chi connectivity index (χ0n) is 10.6. The largest absolute Gasteiger partial charge is 0.494 e. The third kappa shape index (κ3) is 3.14. The fourth-order valence-electron chi connectivity index (χ4n) is 1.95. The van der Waals surface area contributed by atoms with Gasteiger partial charge in [-0.1, -0.05) is 40.2 Å². The van der Waals surface area contributed by atoms with E-state index >= 15 is 0 Å². The van der Waals surface area contributed by atoms with Crippen molar-refractivity contribution in [2.45, 2.75) is 13.0 Å². The number of ether oxygens (including phenoxy) is 1. The smallest absolute Gasteiger partial charge is 0.124 e. The number of hydrogen-bond acceptors (Lipinski definition) is 2. The van der Waals surface area contributed by atoms with Crippen LogP contribution < -0.4 is 10.5 Å². The molecule has 0 aliphatic carbocycles. The van der Waals surface area contributed by atoms with Gasteiger partial charge in [-0.05, 0) is 30.7 Å². The van der Waals surface area contributed by atoms with Gasteiger partial charge in [0.05, 0.1) is 12.6 Å². The van der Waals surface area contributed by atoms with Crippen LogP contribution in [0.5, 0.6) is 5.75 Å². The maximum absolute atomic E-state index is 13.1. The van der Waals surface area contributed by atoms with Crippen LogP contribution in [-0.2, 0) is 0 Å². The summed E-state index contributed by atoms with van der Waals surface area (Å²) in [4.78, 5) is 0. The van der Waals surface area contributed by atoms with Crippen molar-refractivity contribution in [3.63, 3.8) is 0 Å². The number of hydrogen-bond donors (Lipinski definition) is 1. The third-order valence-corrected chi connectivity index (χ3v) is 3.54. The van der Waals surface area contributed by atoms with E-state index in [1.54, 1.807) is 6.07 Å². The highest BCUT2D eigenvalue weighted by atomic mass is 79.9. The van der Waals surface area contributed by atoms with Gasteiger partial charge in [0, 0.05) is 10.0 Å². The Labute approximate surface area is 120 Å². The maximum Gasteiger partial charge on any atom is 0.124 e. The van der Waals surface area contributed by atoms with Gasteiger partial charge in [-0.2, -0.15) is 0 Å². The lowest BCUT2D eigenvalue weighted by Gasteiger charge is -2.18. The number of nitrogens with two attached hydrogens (primary N) is 1. The van der Waals surface area contributed by atoms with E-state index < -0.39 is 0 Å². The average Bonchev–Trinajstić information content (AvgIpc) is 2.39. The lowest BCUT2D eigenvalue weighted by Crippen LogP contribution is -2.14. The molecule has 0 aromatic heterocycles. The standard InChI is InChI=1S/C15H15BrFNO/c1-2-19-14-6-4-3-5-12(14)15(18)11-8-7-10(17)9-13(11)16/h3-9,15H,2,18H2,1H3. The van der Waals surface area contributed by atoms with E-state index in [9.17, 15) is 4.39 Å². The minimum Gasteiger partial charge on any atom is -0.494 e. The summed E-state index contributed by atoms with van der Waals surface area (Å²) in [6, 6.07) is 11.8. The lowest BCUT2D eigenvalue weighted by molar-refractivity contribution is 0.335. The SMILES string of the molecule is CCOc1ccccc1C(N)c1ccc(F)cc1Br. The molecule has 100 valence electrons. The summed E-state index contributed by atoms with van der Waals surface area (Å²) < 4.78 is 19.4. The quantitative estimate of drug-likeness (QED) is 0.921. The molecule has 1 unspecified atom stereocenters. The Morgan fingerprint density at radius 2 is 1.95 bits per heavy atom. The second-order valence-corrected chi connectivity index (χ2v) is 4.97. The van der Waals surface area contributed by atoms with E-state index in [1.165, 1.54) is 12.1 Å². The second kappa shape index (κ2) is 6.17. The number of para-hydroxylation sites is 1. The Hall–Kier alpha value is -1.39. The maximum atomic E-state index is 13.1. The summed E-state index contributed by atoms with van der Waals surface area (Å²) in [5.74, 6) is 0.467. The zero-order chi connectivity index (χ0) is 13.8. The molecule has 2 nitrogen and oxygen atoms in total. The van der Waals surface area contributed by atoms with Gasteiger partial charge in [0.25, 0.3) is 0 Å². The molecule has 0 amide bonds. The Balaban J connectivity index is 2.41. The van der Waals surface area contributed by atoms with Gasteiger partial charge in [0.15, 0.2) is 0 Å². The first kappa shape index (κ1) is 14.0. The van der Waals surface area contributed by atoms with Crippen LogP contribution in [0, 0.1) is 5.82 Å². The van der Waals surface area contributed by atoms with Gasteiger partial charge in [0.1, 0.15) is 11.6 Å². The third-order valence-electron chi connectivity index (χ3n) is 2.85. The van der Waals surface area contributed by atoms with Crippen molar-refractivity contribution >= 4 is 15.9 Å². The molecule has 0 heterocycles. The summed E-state index contributed by atoms with van der Waals surface area (Å²) in [7, 11) is 0. The second-order valence-electron chi connectivity index (χ2n) is 4.11. The van der Waals surface area contributed by atoms with E-state index in [1.807, 2.05) is 31.2 Å². The van der Waals surface area contributed by atoms with Gasteiger partial charge in [0.2, 0.25) is 0 Å². The van der Waals surface area contributed by atoms with Crippen LogP contribution in [0.25, 0.3) is 0 Å². The Kier molecular flexibility index (Phi) is 4.56. The fraction of sp³-hybridized carbons (Fsp3) is 0.200. The molecule has 2 rings (SSSR count). The number of rotatable bonds is 4. The van der Waals surface area contributed by atoms with E-state index in [2.05, 4.69) is 15.9 Å². The molecule has 4 heteroatoms. The average molecular weight is 324 g/mol. The van der Waals surface area contributed by atoms with Crippen molar-refractivity contribution in [3.8, 4) is 5.75 Å². The van der Waals surface area contributed by atoms with Crippen molar-refractivity contribution in [1.82, 2.24) is 0 Å². The Morgan fingerprint density at radius 1 is 1.21 bits per heavy atom. The minimum atomic E-state index is -0.363. The molecule has 0 bridgehead atoms. The fourth-order valence-corrected chi connectivity index (χ4v) is 2.54. The normalized spacial score (nSPS) is 12.2. The summed E-state index contributed by atoms with van der Waals surface area (Å²) in [5.41, 5.74) is 7.98. The predicted molar refractivity (Wildman–Crippen MR) is 77.7 cm³/mol. The van der Waals surface area contributed by atoms with Crippen molar-refractivity contribution in [2.24, 2.45) is 5.73 Å². The molecule has 2 N–H and O–H groups in total. The molecule has 2 aromatic carbocycles. The highest BCUT2D eigenvalue weighted by Crippen LogP contribution is 2.32. The molecule has 1 atom stereocenters. The predicted octanol–water partition coefficient (Wildman–Crippen LogP) is 4.04. The van der Waals surface area contributed by atoms with E-state index in [0.29, 0.717) is 11.1 Å². The van der Waals surface area contributed by atoms with Gasteiger partial charge in [-0.15, -0.1) is 0 Å². The van der Waals surface area contributed by atoms with Crippen LogP contribution in [0.2, 0.25) is 0 Å². The van der Waals surface area contributed by atoms with Crippen LogP contribution in [0.3, 0.4) is 0 Å². The molecule has 0 spiro atoms. The van der Waals surface area contributed by atoms with E-state index in [4.69, 9.17) is 10.5 Å². The molecule has 0 saturated carbocycles. The Bertz CT molecular complexity index is 574. The molecule has 19 heavy (non-hydrogen) atoms. The van der Waals surface area contributed by atoms with Crippen molar-refractivity contribution in [1.29, 1.82) is 0 Å². The van der Waals surface area contributed by atoms with Crippen LogP contribution in [-0.4, -0.2) is 6.61 Å². The molecule has 0 fully saturated rings. The summed E-state index contributed by atoms with van der Waals surface area (Å²) in [6.45, 7) is 2.50. The lowest BCUT2D eigenvalue weighted by atomic mass is 9.99. The van der Waals surface area contributed by atoms with Gasteiger partial charge in [-0.25, -0.2) is 4.39 Å². The monoisotopic (exact) mass is 323 g/mol. The van der Waals surface area contributed by atoms with Crippen LogP contribution >= 0.6 is 15.9 Å². The summed E-state index contributed by atoms with van der Waals surface area (Å²) in [5, 5.41) is 0. The van der Waals surface area contributed by atoms with Crippen molar-refractivity contribution in [3.05, 3.63) is 63.9 Å². The van der Waals surface area contributed by atoms with E-state index in [-0.39, 0.29) is 11.9 Å². The highest BCUT2D eigenvalue weighted by molar-refractivity contribution is 9.10. The van der Waals surface area contributed by atoms with Crippen molar-refractivity contribution < 1.29 is 9.13 Å². The molecule has 0 radical (unpaired) electrons. The first-order valence-corrected chi connectivity index (χ1v) is 6.85. The van der Waals surface area contributed by atoms with Gasteiger partial charge < -0.3 is 10.5 Å². The van der Waals surface area contributed by atoms with Gasteiger partial charge in [-0.3, -0.25) is 0 Å². The minimum absolute atomic E-state index is 0.291. The molecule has 2 aromatic rings. The zero-order valence-corrected chi connectivity index (χ0v) is 12.2. The van der Waals surface area contributed by atoms with Crippen LogP contribution in [0.15, 0.2) is 46.9 Å². The van der Waals surface area contributed by atoms with Crippen LogP contribution in [0.1, 0.15) is 24.1 Å². The first-order chi connectivity index (χ1) is 9.13. The number of halogens is 2. The molecule has 0 aliphatic heterocycles. The molecular weight excluding hydrogens is 309 g/mol.